The Bertz CT molecular complexity index is 127. The SMILES string of the molecule is C=CN1CCCC1=O.Cl.Cl. The van der Waals surface area contributed by atoms with E-state index < -0.39 is 0 Å². The number of carbonyl (C=O) groups excluding carboxylic acids is 1. The summed E-state index contributed by atoms with van der Waals surface area (Å²) in [5, 5.41) is 0. The standard InChI is InChI=1S/C6H9NO.2ClH/c1-2-7-5-3-4-6(7)8;;/h2H,1,3-5H2;2*1H. The minimum Gasteiger partial charge on any atom is -0.320 e. The van der Waals surface area contributed by atoms with Gasteiger partial charge in [-0.15, -0.1) is 24.8 Å². The van der Waals surface area contributed by atoms with Crippen LogP contribution in [0, 0.1) is 0 Å². The highest BCUT2D eigenvalue weighted by Crippen LogP contribution is 2.08. The van der Waals surface area contributed by atoms with Gasteiger partial charge >= 0.3 is 0 Å². The van der Waals surface area contributed by atoms with Crippen LogP contribution in [0.2, 0.25) is 0 Å². The molecule has 0 saturated carbocycles. The van der Waals surface area contributed by atoms with Crippen LogP contribution in [-0.4, -0.2) is 17.4 Å². The lowest BCUT2D eigenvalue weighted by atomic mass is 10.4. The Morgan fingerprint density at radius 2 is 2.10 bits per heavy atom. The zero-order chi connectivity index (χ0) is 5.98. The molecule has 0 aliphatic carbocycles. The van der Waals surface area contributed by atoms with Gasteiger partial charge < -0.3 is 4.90 Å². The largest absolute Gasteiger partial charge is 0.320 e. The molecule has 1 amide bonds. The first-order valence-corrected chi connectivity index (χ1v) is 2.76. The predicted molar refractivity (Wildman–Crippen MR) is 45.6 cm³/mol. The third-order valence-electron chi connectivity index (χ3n) is 1.33. The van der Waals surface area contributed by atoms with Crippen molar-refractivity contribution in [2.75, 3.05) is 6.54 Å². The van der Waals surface area contributed by atoms with E-state index in [2.05, 4.69) is 6.58 Å². The monoisotopic (exact) mass is 183 g/mol. The fourth-order valence-electron chi connectivity index (χ4n) is 0.862. The minimum atomic E-state index is 0. The molecule has 0 spiro atoms. The molecule has 60 valence electrons. The van der Waals surface area contributed by atoms with Crippen molar-refractivity contribution >= 4 is 30.7 Å². The van der Waals surface area contributed by atoms with Gasteiger partial charge in [-0.25, -0.2) is 0 Å². The van der Waals surface area contributed by atoms with Crippen LogP contribution in [-0.2, 0) is 4.79 Å². The van der Waals surface area contributed by atoms with Gasteiger partial charge in [0.05, 0.1) is 0 Å². The third-order valence-corrected chi connectivity index (χ3v) is 1.33. The maximum absolute atomic E-state index is 10.7. The molecule has 1 heterocycles. The van der Waals surface area contributed by atoms with E-state index in [1.165, 1.54) is 0 Å². The lowest BCUT2D eigenvalue weighted by Crippen LogP contribution is -2.16. The number of hydrogen-bond donors (Lipinski definition) is 0. The number of nitrogens with zero attached hydrogens (tertiary/aromatic N) is 1. The molecule has 0 radical (unpaired) electrons. The zero-order valence-corrected chi connectivity index (χ0v) is 7.21. The minimum absolute atomic E-state index is 0. The summed E-state index contributed by atoms with van der Waals surface area (Å²) in [5.41, 5.74) is 0. The van der Waals surface area contributed by atoms with Gasteiger partial charge in [-0.2, -0.15) is 0 Å². The summed E-state index contributed by atoms with van der Waals surface area (Å²) < 4.78 is 0. The molecule has 4 heteroatoms. The Balaban J connectivity index is 0. The molecule has 0 bridgehead atoms. The van der Waals surface area contributed by atoms with Gasteiger partial charge in [0.1, 0.15) is 0 Å². The quantitative estimate of drug-likeness (QED) is 0.606. The number of rotatable bonds is 1. The van der Waals surface area contributed by atoms with Gasteiger partial charge in [-0.3, -0.25) is 4.79 Å². The first kappa shape index (κ1) is 12.5. The first-order chi connectivity index (χ1) is 3.84. The second kappa shape index (κ2) is 5.57. The number of carbonyl (C=O) groups is 1. The average Bonchev–Trinajstić information content (AvgIpc) is 2.14. The molecule has 1 fully saturated rings. The van der Waals surface area contributed by atoms with E-state index in [0.717, 1.165) is 13.0 Å². The smallest absolute Gasteiger partial charge is 0.226 e. The van der Waals surface area contributed by atoms with Crippen molar-refractivity contribution < 1.29 is 4.79 Å². The van der Waals surface area contributed by atoms with Crippen LogP contribution in [0.15, 0.2) is 12.8 Å². The molecule has 2 nitrogen and oxygen atoms in total. The van der Waals surface area contributed by atoms with Crippen LogP contribution in [0.4, 0.5) is 0 Å². The average molecular weight is 184 g/mol. The zero-order valence-electron chi connectivity index (χ0n) is 5.58. The number of amides is 1. The highest BCUT2D eigenvalue weighted by atomic mass is 35.5. The second-order valence-corrected chi connectivity index (χ2v) is 1.87. The molecule has 0 aromatic rings. The van der Waals surface area contributed by atoms with Gasteiger partial charge in [0.25, 0.3) is 0 Å². The molecule has 0 atom stereocenters. The van der Waals surface area contributed by atoms with Crippen molar-refractivity contribution in [3.8, 4) is 0 Å². The Labute approximate surface area is 73.1 Å². The summed E-state index contributed by atoms with van der Waals surface area (Å²) in [7, 11) is 0. The summed E-state index contributed by atoms with van der Waals surface area (Å²) in [6.45, 7) is 4.36. The topological polar surface area (TPSA) is 20.3 Å². The summed E-state index contributed by atoms with van der Waals surface area (Å²) in [5.74, 6) is 0.208. The van der Waals surface area contributed by atoms with Gasteiger partial charge in [0.15, 0.2) is 0 Å². The van der Waals surface area contributed by atoms with E-state index in [-0.39, 0.29) is 30.7 Å². The van der Waals surface area contributed by atoms with E-state index in [1.807, 2.05) is 0 Å². The van der Waals surface area contributed by atoms with E-state index >= 15 is 0 Å². The lowest BCUT2D eigenvalue weighted by Gasteiger charge is -2.05. The Hall–Kier alpha value is -0.210. The highest BCUT2D eigenvalue weighted by Gasteiger charge is 2.15. The first-order valence-electron chi connectivity index (χ1n) is 2.76. The van der Waals surface area contributed by atoms with Crippen molar-refractivity contribution in [1.29, 1.82) is 0 Å². The van der Waals surface area contributed by atoms with E-state index in [9.17, 15) is 4.79 Å². The third kappa shape index (κ3) is 2.58. The van der Waals surface area contributed by atoms with Gasteiger partial charge in [0.2, 0.25) is 5.91 Å². The normalized spacial score (nSPS) is 15.6. The van der Waals surface area contributed by atoms with E-state index in [4.69, 9.17) is 0 Å². The molecule has 0 aromatic heterocycles. The summed E-state index contributed by atoms with van der Waals surface area (Å²) in [4.78, 5) is 12.3. The van der Waals surface area contributed by atoms with E-state index in [1.54, 1.807) is 11.1 Å². The number of likely N-dealkylation sites (tertiary alicyclic amines) is 1. The summed E-state index contributed by atoms with van der Waals surface area (Å²) >= 11 is 0. The Kier molecular flexibility index (Phi) is 6.94. The molecule has 0 N–H and O–H groups in total. The van der Waals surface area contributed by atoms with Crippen LogP contribution in [0.1, 0.15) is 12.8 Å². The second-order valence-electron chi connectivity index (χ2n) is 1.87. The van der Waals surface area contributed by atoms with Crippen LogP contribution in [0.3, 0.4) is 0 Å². The van der Waals surface area contributed by atoms with Gasteiger partial charge in [-0.05, 0) is 12.6 Å². The van der Waals surface area contributed by atoms with Crippen molar-refractivity contribution in [2.24, 2.45) is 0 Å². The Morgan fingerprint density at radius 3 is 2.30 bits per heavy atom. The highest BCUT2D eigenvalue weighted by molar-refractivity contribution is 5.85. The lowest BCUT2D eigenvalue weighted by molar-refractivity contribution is -0.125. The predicted octanol–water partition coefficient (Wildman–Crippen LogP) is 1.60. The molecule has 1 aliphatic rings. The van der Waals surface area contributed by atoms with Crippen molar-refractivity contribution in [3.63, 3.8) is 0 Å². The molecule has 0 aromatic carbocycles. The van der Waals surface area contributed by atoms with Crippen LogP contribution >= 0.6 is 24.8 Å². The maximum Gasteiger partial charge on any atom is 0.226 e. The van der Waals surface area contributed by atoms with Crippen molar-refractivity contribution in [2.45, 2.75) is 12.8 Å². The van der Waals surface area contributed by atoms with Crippen LogP contribution in [0.5, 0.6) is 0 Å². The molecule has 1 rings (SSSR count). The summed E-state index contributed by atoms with van der Waals surface area (Å²) in [6.07, 6.45) is 3.28. The summed E-state index contributed by atoms with van der Waals surface area (Å²) in [6, 6.07) is 0. The molecule has 10 heavy (non-hydrogen) atoms. The molecule has 1 aliphatic heterocycles. The fourth-order valence-corrected chi connectivity index (χ4v) is 0.862. The molecular weight excluding hydrogens is 173 g/mol. The van der Waals surface area contributed by atoms with Crippen molar-refractivity contribution in [3.05, 3.63) is 12.8 Å². The van der Waals surface area contributed by atoms with E-state index in [0.29, 0.717) is 6.42 Å². The van der Waals surface area contributed by atoms with Crippen LogP contribution < -0.4 is 0 Å². The number of hydrogen-bond acceptors (Lipinski definition) is 1. The Morgan fingerprint density at radius 1 is 1.50 bits per heavy atom. The molecule has 1 saturated heterocycles. The van der Waals surface area contributed by atoms with Crippen molar-refractivity contribution in [1.82, 2.24) is 4.90 Å². The fraction of sp³-hybridized carbons (Fsp3) is 0.500. The molecular formula is C6H11Cl2NO. The van der Waals surface area contributed by atoms with Crippen LogP contribution in [0.25, 0.3) is 0 Å². The van der Waals surface area contributed by atoms with Gasteiger partial charge in [0, 0.05) is 13.0 Å². The maximum atomic E-state index is 10.7. The number of halogens is 2. The van der Waals surface area contributed by atoms with Gasteiger partial charge in [-0.1, -0.05) is 6.58 Å². The molecule has 0 unspecified atom stereocenters.